The first-order valence-electron chi connectivity index (χ1n) is 9.33. The second-order valence-electron chi connectivity index (χ2n) is 6.60. The molecule has 1 unspecified atom stereocenters. The summed E-state index contributed by atoms with van der Waals surface area (Å²) in [5, 5.41) is 20.6. The molecule has 0 radical (unpaired) electrons. The van der Waals surface area contributed by atoms with Crippen molar-refractivity contribution >= 4 is 34.9 Å². The third-order valence-electron chi connectivity index (χ3n) is 4.37. The van der Waals surface area contributed by atoms with E-state index in [0.29, 0.717) is 6.07 Å². The number of aliphatic carboxylic acids is 1. The lowest BCUT2D eigenvalue weighted by atomic mass is 10.1. The lowest BCUT2D eigenvalue weighted by Gasteiger charge is -2.27. The van der Waals surface area contributed by atoms with Crippen molar-refractivity contribution in [3.63, 3.8) is 0 Å². The summed E-state index contributed by atoms with van der Waals surface area (Å²) in [6.07, 6.45) is -4.62. The SMILES string of the molecule is CCOC(=O)CN(c1cc(Oc2ccc(C(F)(F)F)cc2Cl)ccc1[N+](=O)[O-])C(C)C(=O)O. The number of rotatable bonds is 9. The number of carboxylic acids is 1. The van der Waals surface area contributed by atoms with Gasteiger partial charge in [0.15, 0.2) is 0 Å². The molecule has 0 heterocycles. The van der Waals surface area contributed by atoms with Crippen LogP contribution >= 0.6 is 11.6 Å². The highest BCUT2D eigenvalue weighted by atomic mass is 35.5. The topological polar surface area (TPSA) is 119 Å². The van der Waals surface area contributed by atoms with E-state index in [1.54, 1.807) is 0 Å². The molecule has 2 rings (SSSR count). The summed E-state index contributed by atoms with van der Waals surface area (Å²) in [5.74, 6) is -2.46. The molecule has 0 aromatic heterocycles. The number of carbonyl (C=O) groups excluding carboxylic acids is 1. The average Bonchev–Trinajstić information content (AvgIpc) is 2.72. The van der Waals surface area contributed by atoms with Crippen LogP contribution in [0.15, 0.2) is 36.4 Å². The molecule has 0 saturated heterocycles. The number of anilines is 1. The third kappa shape index (κ3) is 6.48. The van der Waals surface area contributed by atoms with Gasteiger partial charge in [-0.15, -0.1) is 0 Å². The Labute approximate surface area is 190 Å². The molecule has 0 saturated carbocycles. The summed E-state index contributed by atoms with van der Waals surface area (Å²) < 4.78 is 48.8. The van der Waals surface area contributed by atoms with Crippen LogP contribution in [-0.2, 0) is 20.5 Å². The van der Waals surface area contributed by atoms with Crippen LogP contribution in [-0.4, -0.2) is 41.2 Å². The number of nitro benzene ring substituents is 1. The molecule has 0 amide bonds. The molecule has 13 heteroatoms. The zero-order chi connectivity index (χ0) is 24.9. The second-order valence-corrected chi connectivity index (χ2v) is 7.01. The van der Waals surface area contributed by atoms with Crippen LogP contribution < -0.4 is 9.64 Å². The van der Waals surface area contributed by atoms with Gasteiger partial charge in [-0.3, -0.25) is 14.9 Å². The molecule has 9 nitrogen and oxygen atoms in total. The van der Waals surface area contributed by atoms with Gasteiger partial charge in [0.05, 0.1) is 22.1 Å². The lowest BCUT2D eigenvalue weighted by molar-refractivity contribution is -0.384. The fourth-order valence-corrected chi connectivity index (χ4v) is 2.97. The number of ether oxygens (including phenoxy) is 2. The number of nitro groups is 1. The molecule has 0 aliphatic rings. The first-order valence-corrected chi connectivity index (χ1v) is 9.71. The van der Waals surface area contributed by atoms with E-state index in [9.17, 15) is 38.0 Å². The Kier molecular flexibility index (Phi) is 8.09. The zero-order valence-corrected chi connectivity index (χ0v) is 18.0. The molecule has 178 valence electrons. The maximum Gasteiger partial charge on any atom is 0.416 e. The number of benzene rings is 2. The summed E-state index contributed by atoms with van der Waals surface area (Å²) in [6.45, 7) is 2.14. The molecule has 1 N–H and O–H groups in total. The van der Waals surface area contributed by atoms with Crippen LogP contribution in [0, 0.1) is 10.1 Å². The van der Waals surface area contributed by atoms with Gasteiger partial charge < -0.3 is 19.5 Å². The van der Waals surface area contributed by atoms with E-state index in [1.165, 1.54) is 13.8 Å². The lowest BCUT2D eigenvalue weighted by Crippen LogP contribution is -2.43. The maximum atomic E-state index is 12.8. The molecular formula is C20H18ClF3N2O7. The van der Waals surface area contributed by atoms with Crippen molar-refractivity contribution in [2.75, 3.05) is 18.1 Å². The Morgan fingerprint density at radius 2 is 1.91 bits per heavy atom. The molecule has 2 aromatic carbocycles. The number of carbonyl (C=O) groups is 2. The quantitative estimate of drug-likeness (QED) is 0.299. The fraction of sp³-hybridized carbons (Fsp3) is 0.300. The zero-order valence-electron chi connectivity index (χ0n) is 17.3. The van der Waals surface area contributed by atoms with Crippen molar-refractivity contribution in [1.29, 1.82) is 0 Å². The van der Waals surface area contributed by atoms with Gasteiger partial charge in [-0.2, -0.15) is 13.2 Å². The number of esters is 1. The first-order chi connectivity index (χ1) is 15.3. The summed E-state index contributed by atoms with van der Waals surface area (Å²) in [4.78, 5) is 35.3. The Balaban J connectivity index is 2.51. The van der Waals surface area contributed by atoms with Gasteiger partial charge >= 0.3 is 18.1 Å². The Hall–Kier alpha value is -3.54. The predicted molar refractivity (Wildman–Crippen MR) is 111 cm³/mol. The van der Waals surface area contributed by atoms with E-state index in [0.717, 1.165) is 35.2 Å². The van der Waals surface area contributed by atoms with E-state index in [4.69, 9.17) is 21.1 Å². The number of carboxylic acid groups (broad SMARTS) is 1. The number of hydrogen-bond acceptors (Lipinski definition) is 7. The minimum absolute atomic E-state index is 0.00574. The Bertz CT molecular complexity index is 1060. The standard InChI is InChI=1S/C20H18ClF3N2O7/c1-3-32-18(27)10-25(11(2)19(28)29)16-9-13(5-6-15(16)26(30)31)33-17-7-4-12(8-14(17)21)20(22,23)24/h4-9,11H,3,10H2,1-2H3,(H,28,29). The molecule has 2 aromatic rings. The Morgan fingerprint density at radius 1 is 1.24 bits per heavy atom. The normalized spacial score (nSPS) is 12.1. The predicted octanol–water partition coefficient (Wildman–Crippen LogP) is 4.90. The molecule has 0 spiro atoms. The number of halogens is 4. The smallest absolute Gasteiger partial charge is 0.416 e. The summed E-state index contributed by atoms with van der Waals surface area (Å²) in [6, 6.07) is 4.25. The van der Waals surface area contributed by atoms with Gasteiger partial charge in [0.1, 0.15) is 29.8 Å². The molecule has 33 heavy (non-hydrogen) atoms. The van der Waals surface area contributed by atoms with E-state index in [-0.39, 0.29) is 28.8 Å². The van der Waals surface area contributed by atoms with Crippen LogP contribution in [0.3, 0.4) is 0 Å². The first kappa shape index (κ1) is 25.7. The monoisotopic (exact) mass is 490 g/mol. The number of nitrogens with zero attached hydrogens (tertiary/aromatic N) is 2. The van der Waals surface area contributed by atoms with E-state index >= 15 is 0 Å². The van der Waals surface area contributed by atoms with Crippen LogP contribution in [0.4, 0.5) is 24.5 Å². The van der Waals surface area contributed by atoms with Crippen LogP contribution in [0.5, 0.6) is 11.5 Å². The van der Waals surface area contributed by atoms with Gasteiger partial charge in [-0.05, 0) is 38.1 Å². The summed E-state index contributed by atoms with van der Waals surface area (Å²) in [7, 11) is 0. The van der Waals surface area contributed by atoms with Crippen molar-refractivity contribution < 1.29 is 42.3 Å². The molecule has 0 aliphatic carbocycles. The van der Waals surface area contributed by atoms with E-state index in [2.05, 4.69) is 0 Å². The highest BCUT2D eigenvalue weighted by Crippen LogP contribution is 2.39. The summed E-state index contributed by atoms with van der Waals surface area (Å²) in [5.41, 5.74) is -1.80. The van der Waals surface area contributed by atoms with Gasteiger partial charge in [-0.25, -0.2) is 4.79 Å². The maximum absolute atomic E-state index is 12.8. The van der Waals surface area contributed by atoms with Crippen molar-refractivity contribution in [3.05, 3.63) is 57.1 Å². The van der Waals surface area contributed by atoms with Gasteiger partial charge in [0.2, 0.25) is 0 Å². The van der Waals surface area contributed by atoms with Crippen molar-refractivity contribution in [2.24, 2.45) is 0 Å². The molecule has 0 bridgehead atoms. The van der Waals surface area contributed by atoms with E-state index < -0.39 is 46.9 Å². The molecule has 0 aliphatic heterocycles. The van der Waals surface area contributed by atoms with Crippen molar-refractivity contribution in [1.82, 2.24) is 0 Å². The van der Waals surface area contributed by atoms with Crippen LogP contribution in [0.2, 0.25) is 5.02 Å². The number of hydrogen-bond donors (Lipinski definition) is 1. The third-order valence-corrected chi connectivity index (χ3v) is 4.67. The van der Waals surface area contributed by atoms with Crippen molar-refractivity contribution in [3.8, 4) is 11.5 Å². The largest absolute Gasteiger partial charge is 0.480 e. The van der Waals surface area contributed by atoms with Gasteiger partial charge in [0, 0.05) is 12.1 Å². The second kappa shape index (κ2) is 10.4. The molecule has 1 atom stereocenters. The number of alkyl halides is 3. The van der Waals surface area contributed by atoms with Gasteiger partial charge in [0.25, 0.3) is 5.69 Å². The fourth-order valence-electron chi connectivity index (χ4n) is 2.75. The minimum atomic E-state index is -4.62. The molecular weight excluding hydrogens is 473 g/mol. The van der Waals surface area contributed by atoms with Gasteiger partial charge in [-0.1, -0.05) is 11.6 Å². The minimum Gasteiger partial charge on any atom is -0.480 e. The van der Waals surface area contributed by atoms with E-state index in [1.807, 2.05) is 0 Å². The van der Waals surface area contributed by atoms with Crippen LogP contribution in [0.1, 0.15) is 19.4 Å². The van der Waals surface area contributed by atoms with Crippen molar-refractivity contribution in [2.45, 2.75) is 26.1 Å². The highest BCUT2D eigenvalue weighted by Gasteiger charge is 2.32. The Morgan fingerprint density at radius 3 is 2.42 bits per heavy atom. The molecule has 0 fully saturated rings. The highest BCUT2D eigenvalue weighted by molar-refractivity contribution is 6.32. The van der Waals surface area contributed by atoms with Crippen LogP contribution in [0.25, 0.3) is 0 Å². The summed E-state index contributed by atoms with van der Waals surface area (Å²) >= 11 is 5.88. The average molecular weight is 491 g/mol.